The molecule has 0 saturated heterocycles. The van der Waals surface area contributed by atoms with Crippen molar-refractivity contribution in [3.05, 3.63) is 121 Å². The van der Waals surface area contributed by atoms with E-state index in [0.717, 1.165) is 41.2 Å². The van der Waals surface area contributed by atoms with Crippen LogP contribution in [0.3, 0.4) is 0 Å². The first-order chi connectivity index (χ1) is 17.3. The molecule has 0 atom stereocenters. The summed E-state index contributed by atoms with van der Waals surface area (Å²) in [5, 5.41) is 5.12. The zero-order chi connectivity index (χ0) is 23.6. The third-order valence-corrected chi connectivity index (χ3v) is 6.58. The van der Waals surface area contributed by atoms with E-state index in [9.17, 15) is 0 Å². The van der Waals surface area contributed by atoms with E-state index in [-0.39, 0.29) is 0 Å². The van der Waals surface area contributed by atoms with E-state index in [1.165, 1.54) is 32.7 Å². The maximum Gasteiger partial charge on any atom is 0.160 e. The van der Waals surface area contributed by atoms with Crippen LogP contribution >= 0.6 is 0 Å². The standard InChI is InChI=1S/C33H26N2/c1-2-10-27-22-32(35-33(34-27)25-11-4-3-5-12-25)24-19-17-23(18-20-24)31-21-26-13-6-7-14-28(26)29-15-8-9-16-30(29)31/h3-9,11-22H,2,10H2,1H3. The Morgan fingerprint density at radius 1 is 0.543 bits per heavy atom. The Bertz CT molecular complexity index is 1630. The zero-order valence-corrected chi connectivity index (χ0v) is 19.8. The van der Waals surface area contributed by atoms with E-state index in [2.05, 4.69) is 104 Å². The molecule has 0 fully saturated rings. The average Bonchev–Trinajstić information content (AvgIpc) is 2.93. The molecule has 0 unspecified atom stereocenters. The van der Waals surface area contributed by atoms with Crippen LogP contribution < -0.4 is 0 Å². The van der Waals surface area contributed by atoms with Crippen molar-refractivity contribution >= 4 is 21.5 Å². The Kier molecular flexibility index (Phi) is 5.56. The van der Waals surface area contributed by atoms with Gasteiger partial charge in [0.05, 0.1) is 5.69 Å². The fourth-order valence-corrected chi connectivity index (χ4v) is 4.86. The van der Waals surface area contributed by atoms with E-state index in [1.807, 2.05) is 18.2 Å². The molecule has 0 amide bonds. The van der Waals surface area contributed by atoms with Gasteiger partial charge in [-0.3, -0.25) is 0 Å². The third-order valence-electron chi connectivity index (χ3n) is 6.58. The van der Waals surface area contributed by atoms with Crippen LogP contribution in [0.5, 0.6) is 0 Å². The van der Waals surface area contributed by atoms with Gasteiger partial charge in [0.2, 0.25) is 0 Å². The molecule has 0 aliphatic carbocycles. The Morgan fingerprint density at radius 2 is 1.20 bits per heavy atom. The average molecular weight is 451 g/mol. The topological polar surface area (TPSA) is 25.8 Å². The van der Waals surface area contributed by atoms with Crippen molar-refractivity contribution in [1.29, 1.82) is 0 Å². The predicted molar refractivity (Wildman–Crippen MR) is 147 cm³/mol. The minimum atomic E-state index is 0.788. The number of aryl methyl sites for hydroxylation is 1. The van der Waals surface area contributed by atoms with Crippen LogP contribution in [-0.4, -0.2) is 9.97 Å². The summed E-state index contributed by atoms with van der Waals surface area (Å²) in [6.45, 7) is 2.19. The first-order valence-electron chi connectivity index (χ1n) is 12.2. The molecule has 6 rings (SSSR count). The monoisotopic (exact) mass is 450 g/mol. The summed E-state index contributed by atoms with van der Waals surface area (Å²) in [6.07, 6.45) is 2.00. The molecular formula is C33H26N2. The molecule has 0 saturated carbocycles. The lowest BCUT2D eigenvalue weighted by Crippen LogP contribution is -1.98. The quantitative estimate of drug-likeness (QED) is 0.245. The van der Waals surface area contributed by atoms with Crippen LogP contribution in [0.1, 0.15) is 19.0 Å². The van der Waals surface area contributed by atoms with Gasteiger partial charge >= 0.3 is 0 Å². The van der Waals surface area contributed by atoms with Crippen LogP contribution in [0.4, 0.5) is 0 Å². The molecule has 0 spiro atoms. The lowest BCUT2D eigenvalue weighted by atomic mass is 9.93. The molecule has 0 bridgehead atoms. The lowest BCUT2D eigenvalue weighted by molar-refractivity contribution is 0.876. The van der Waals surface area contributed by atoms with Crippen molar-refractivity contribution < 1.29 is 0 Å². The summed E-state index contributed by atoms with van der Waals surface area (Å²) in [4.78, 5) is 9.77. The van der Waals surface area contributed by atoms with Gasteiger partial charge in [0.25, 0.3) is 0 Å². The Morgan fingerprint density at radius 3 is 1.97 bits per heavy atom. The molecule has 1 heterocycles. The fraction of sp³-hybridized carbons (Fsp3) is 0.0909. The lowest BCUT2D eigenvalue weighted by Gasteiger charge is -2.12. The third kappa shape index (κ3) is 4.08. The number of benzene rings is 5. The van der Waals surface area contributed by atoms with Crippen molar-refractivity contribution in [2.24, 2.45) is 0 Å². The second-order valence-corrected chi connectivity index (χ2v) is 8.95. The molecule has 0 N–H and O–H groups in total. The Labute approximate surface area is 206 Å². The fourth-order valence-electron chi connectivity index (χ4n) is 4.86. The van der Waals surface area contributed by atoms with Crippen molar-refractivity contribution in [3.8, 4) is 33.8 Å². The SMILES string of the molecule is CCCc1cc(-c2ccc(-c3cc4ccccc4c4ccccc34)cc2)nc(-c2ccccc2)n1. The zero-order valence-electron chi connectivity index (χ0n) is 19.8. The molecule has 0 aliphatic heterocycles. The van der Waals surface area contributed by atoms with Gasteiger partial charge in [0.1, 0.15) is 0 Å². The molecule has 2 nitrogen and oxygen atoms in total. The van der Waals surface area contributed by atoms with Gasteiger partial charge in [-0.2, -0.15) is 0 Å². The van der Waals surface area contributed by atoms with Crippen LogP contribution in [0, 0.1) is 0 Å². The van der Waals surface area contributed by atoms with Crippen molar-refractivity contribution in [2.75, 3.05) is 0 Å². The number of fused-ring (bicyclic) bond motifs is 3. The maximum atomic E-state index is 4.94. The summed E-state index contributed by atoms with van der Waals surface area (Å²) in [5.74, 6) is 0.788. The summed E-state index contributed by atoms with van der Waals surface area (Å²) < 4.78 is 0. The normalized spacial score (nSPS) is 11.2. The van der Waals surface area contributed by atoms with Crippen molar-refractivity contribution in [3.63, 3.8) is 0 Å². The highest BCUT2D eigenvalue weighted by atomic mass is 14.9. The van der Waals surface area contributed by atoms with Gasteiger partial charge in [-0.05, 0) is 51.2 Å². The number of hydrogen-bond acceptors (Lipinski definition) is 2. The van der Waals surface area contributed by atoms with Crippen LogP contribution in [0.2, 0.25) is 0 Å². The minimum Gasteiger partial charge on any atom is -0.233 e. The van der Waals surface area contributed by atoms with E-state index in [0.29, 0.717) is 0 Å². The van der Waals surface area contributed by atoms with Crippen molar-refractivity contribution in [1.82, 2.24) is 9.97 Å². The molecule has 6 aromatic rings. The predicted octanol–water partition coefficient (Wildman–Crippen LogP) is 8.74. The van der Waals surface area contributed by atoms with Crippen LogP contribution in [0.25, 0.3) is 55.3 Å². The molecule has 168 valence electrons. The van der Waals surface area contributed by atoms with Gasteiger partial charge in [-0.25, -0.2) is 9.97 Å². The Hall–Kier alpha value is -4.30. The van der Waals surface area contributed by atoms with Gasteiger partial charge < -0.3 is 0 Å². The summed E-state index contributed by atoms with van der Waals surface area (Å²) >= 11 is 0. The largest absolute Gasteiger partial charge is 0.233 e. The smallest absolute Gasteiger partial charge is 0.160 e. The molecule has 35 heavy (non-hydrogen) atoms. The first kappa shape index (κ1) is 21.2. The summed E-state index contributed by atoms with van der Waals surface area (Å²) in [7, 11) is 0. The highest BCUT2D eigenvalue weighted by Crippen LogP contribution is 2.35. The van der Waals surface area contributed by atoms with Crippen LogP contribution in [0.15, 0.2) is 115 Å². The van der Waals surface area contributed by atoms with Gasteiger partial charge in [0.15, 0.2) is 5.82 Å². The number of nitrogens with zero attached hydrogens (tertiary/aromatic N) is 2. The van der Waals surface area contributed by atoms with E-state index in [4.69, 9.17) is 9.97 Å². The second-order valence-electron chi connectivity index (χ2n) is 8.95. The molecule has 2 heteroatoms. The second kappa shape index (κ2) is 9.15. The first-order valence-corrected chi connectivity index (χ1v) is 12.2. The highest BCUT2D eigenvalue weighted by molar-refractivity contribution is 6.13. The number of rotatable bonds is 5. The summed E-state index contributed by atoms with van der Waals surface area (Å²) in [6, 6.07) is 40.8. The van der Waals surface area contributed by atoms with Crippen LogP contribution in [-0.2, 0) is 6.42 Å². The van der Waals surface area contributed by atoms with E-state index in [1.54, 1.807) is 0 Å². The number of hydrogen-bond donors (Lipinski definition) is 0. The molecule has 0 aliphatic rings. The minimum absolute atomic E-state index is 0.788. The highest BCUT2D eigenvalue weighted by Gasteiger charge is 2.11. The van der Waals surface area contributed by atoms with E-state index < -0.39 is 0 Å². The van der Waals surface area contributed by atoms with Gasteiger partial charge in [0, 0.05) is 16.8 Å². The van der Waals surface area contributed by atoms with Gasteiger partial charge in [-0.1, -0.05) is 116 Å². The summed E-state index contributed by atoms with van der Waals surface area (Å²) in [5.41, 5.74) is 6.67. The molecule has 1 aromatic heterocycles. The van der Waals surface area contributed by atoms with E-state index >= 15 is 0 Å². The molecule has 0 radical (unpaired) electrons. The Balaban J connectivity index is 1.45. The van der Waals surface area contributed by atoms with Crippen molar-refractivity contribution in [2.45, 2.75) is 19.8 Å². The van der Waals surface area contributed by atoms with Gasteiger partial charge in [-0.15, -0.1) is 0 Å². The molecular weight excluding hydrogens is 424 g/mol. The maximum absolute atomic E-state index is 4.94. The number of aromatic nitrogens is 2. The molecule has 5 aromatic carbocycles.